The SMILES string of the molecule is CCCCC/C=C\C/C=C\CCCCCCCCC(CCCCCBr)CCCCCCCC/C=C\C/C=C\CCCCC. The fraction of sp³-hybridized carbons (Fsp3) is 0.810. The number of halogens is 1. The van der Waals surface area contributed by atoms with E-state index in [1.165, 1.54) is 185 Å². The molecule has 0 aromatic carbocycles. The van der Waals surface area contributed by atoms with Crippen LogP contribution in [0.3, 0.4) is 0 Å². The van der Waals surface area contributed by atoms with Gasteiger partial charge in [-0.05, 0) is 76.5 Å². The zero-order valence-electron chi connectivity index (χ0n) is 29.5. The summed E-state index contributed by atoms with van der Waals surface area (Å²) in [7, 11) is 0. The Morgan fingerprint density at radius 1 is 0.349 bits per heavy atom. The number of hydrogen-bond acceptors (Lipinski definition) is 0. The summed E-state index contributed by atoms with van der Waals surface area (Å²) in [5.41, 5.74) is 0. The van der Waals surface area contributed by atoms with Gasteiger partial charge in [0.05, 0.1) is 0 Å². The van der Waals surface area contributed by atoms with Crippen molar-refractivity contribution in [3.05, 3.63) is 48.6 Å². The molecule has 0 rings (SSSR count). The molecule has 252 valence electrons. The van der Waals surface area contributed by atoms with Crippen molar-refractivity contribution < 1.29 is 0 Å². The summed E-state index contributed by atoms with van der Waals surface area (Å²) >= 11 is 3.61. The van der Waals surface area contributed by atoms with Crippen LogP contribution >= 0.6 is 15.9 Å². The topological polar surface area (TPSA) is 0 Å². The lowest BCUT2D eigenvalue weighted by Crippen LogP contribution is -2.01. The molecule has 0 nitrogen and oxygen atoms in total. The molecular formula is C42H77Br. The molecule has 0 aromatic rings. The van der Waals surface area contributed by atoms with Crippen molar-refractivity contribution in [2.45, 2.75) is 206 Å². The van der Waals surface area contributed by atoms with Crippen molar-refractivity contribution in [3.63, 3.8) is 0 Å². The van der Waals surface area contributed by atoms with Crippen molar-refractivity contribution in [2.24, 2.45) is 5.92 Å². The number of rotatable bonds is 35. The van der Waals surface area contributed by atoms with Gasteiger partial charge in [-0.25, -0.2) is 0 Å². The average Bonchev–Trinajstić information content (AvgIpc) is 3.02. The summed E-state index contributed by atoms with van der Waals surface area (Å²) < 4.78 is 0. The van der Waals surface area contributed by atoms with Gasteiger partial charge < -0.3 is 0 Å². The third kappa shape index (κ3) is 37.5. The highest BCUT2D eigenvalue weighted by Crippen LogP contribution is 2.24. The van der Waals surface area contributed by atoms with Crippen LogP contribution in [0.1, 0.15) is 206 Å². The molecule has 0 amide bonds. The Morgan fingerprint density at radius 3 is 1.00 bits per heavy atom. The van der Waals surface area contributed by atoms with Gasteiger partial charge >= 0.3 is 0 Å². The van der Waals surface area contributed by atoms with Crippen molar-refractivity contribution >= 4 is 15.9 Å². The van der Waals surface area contributed by atoms with Crippen molar-refractivity contribution in [1.82, 2.24) is 0 Å². The van der Waals surface area contributed by atoms with Gasteiger partial charge in [0.2, 0.25) is 0 Å². The van der Waals surface area contributed by atoms with E-state index < -0.39 is 0 Å². The van der Waals surface area contributed by atoms with Crippen LogP contribution in [-0.4, -0.2) is 5.33 Å². The molecule has 0 spiro atoms. The predicted octanol–water partition coefficient (Wildman–Crippen LogP) is 16.0. The van der Waals surface area contributed by atoms with Crippen LogP contribution in [0.2, 0.25) is 0 Å². The van der Waals surface area contributed by atoms with Gasteiger partial charge in [-0.3, -0.25) is 0 Å². The fourth-order valence-electron chi connectivity index (χ4n) is 5.98. The van der Waals surface area contributed by atoms with E-state index in [1.807, 2.05) is 0 Å². The molecule has 0 aliphatic rings. The highest BCUT2D eigenvalue weighted by molar-refractivity contribution is 9.09. The van der Waals surface area contributed by atoms with Gasteiger partial charge in [0, 0.05) is 5.33 Å². The molecule has 0 aliphatic carbocycles. The van der Waals surface area contributed by atoms with Gasteiger partial charge in [-0.2, -0.15) is 0 Å². The molecule has 0 unspecified atom stereocenters. The van der Waals surface area contributed by atoms with Crippen LogP contribution in [0.25, 0.3) is 0 Å². The standard InChI is InChI=1S/C42H77Br/c1-3-5-7-9-11-13-15-17-19-21-23-25-27-29-31-34-38-42(40-36-33-37-41-43)39-35-32-30-28-26-24-22-20-18-16-14-12-10-8-6-4-2/h11-14,17-20,42H,3-10,15-16,21-41H2,1-2H3/b13-11-,14-12-,19-17-,20-18-. The van der Waals surface area contributed by atoms with Gasteiger partial charge in [0.1, 0.15) is 0 Å². The molecule has 0 heterocycles. The Bertz CT molecular complexity index is 564. The maximum Gasteiger partial charge on any atom is 0.00313 e. The first-order valence-electron chi connectivity index (χ1n) is 19.5. The summed E-state index contributed by atoms with van der Waals surface area (Å²) in [6.07, 6.45) is 60.2. The van der Waals surface area contributed by atoms with Crippen LogP contribution in [0.4, 0.5) is 0 Å². The molecule has 0 aliphatic heterocycles. The maximum absolute atomic E-state index is 3.61. The summed E-state index contributed by atoms with van der Waals surface area (Å²) in [5, 5.41) is 1.18. The molecule has 0 atom stereocenters. The average molecular weight is 662 g/mol. The number of hydrogen-bond donors (Lipinski definition) is 0. The van der Waals surface area contributed by atoms with Crippen molar-refractivity contribution in [1.29, 1.82) is 0 Å². The summed E-state index contributed by atoms with van der Waals surface area (Å²) in [5.74, 6) is 0.993. The van der Waals surface area contributed by atoms with E-state index >= 15 is 0 Å². The Morgan fingerprint density at radius 2 is 0.651 bits per heavy atom. The Labute approximate surface area is 281 Å². The lowest BCUT2D eigenvalue weighted by Gasteiger charge is -2.17. The minimum atomic E-state index is 0.993. The van der Waals surface area contributed by atoms with E-state index in [0.717, 1.165) is 18.8 Å². The third-order valence-corrected chi connectivity index (χ3v) is 9.43. The second kappa shape index (κ2) is 39.5. The Balaban J connectivity index is 3.76. The van der Waals surface area contributed by atoms with E-state index in [-0.39, 0.29) is 0 Å². The minimum Gasteiger partial charge on any atom is -0.0928 e. The van der Waals surface area contributed by atoms with Gasteiger partial charge in [0.15, 0.2) is 0 Å². The van der Waals surface area contributed by atoms with Gasteiger partial charge in [-0.15, -0.1) is 0 Å². The Kier molecular flexibility index (Phi) is 39.0. The van der Waals surface area contributed by atoms with Crippen LogP contribution < -0.4 is 0 Å². The molecule has 0 N–H and O–H groups in total. The van der Waals surface area contributed by atoms with Gasteiger partial charge in [-0.1, -0.05) is 200 Å². The second-order valence-corrected chi connectivity index (χ2v) is 13.9. The van der Waals surface area contributed by atoms with E-state index in [9.17, 15) is 0 Å². The first-order valence-corrected chi connectivity index (χ1v) is 20.6. The van der Waals surface area contributed by atoms with Crippen LogP contribution in [0.15, 0.2) is 48.6 Å². The van der Waals surface area contributed by atoms with Crippen molar-refractivity contribution in [3.8, 4) is 0 Å². The molecular weight excluding hydrogens is 584 g/mol. The van der Waals surface area contributed by atoms with Gasteiger partial charge in [0.25, 0.3) is 0 Å². The van der Waals surface area contributed by atoms with E-state index in [4.69, 9.17) is 0 Å². The lowest BCUT2D eigenvalue weighted by molar-refractivity contribution is 0.368. The van der Waals surface area contributed by atoms with E-state index in [2.05, 4.69) is 78.4 Å². The van der Waals surface area contributed by atoms with Crippen LogP contribution in [-0.2, 0) is 0 Å². The largest absolute Gasteiger partial charge is 0.0928 e. The maximum atomic E-state index is 3.61. The molecule has 43 heavy (non-hydrogen) atoms. The molecule has 1 heteroatoms. The highest BCUT2D eigenvalue weighted by atomic mass is 79.9. The number of alkyl halides is 1. The smallest absolute Gasteiger partial charge is 0.00313 e. The molecule has 0 saturated heterocycles. The molecule has 0 bridgehead atoms. The number of allylic oxidation sites excluding steroid dienone is 8. The Hall–Kier alpha value is -0.560. The lowest BCUT2D eigenvalue weighted by atomic mass is 9.89. The normalized spacial score (nSPS) is 12.5. The molecule has 0 radical (unpaired) electrons. The minimum absolute atomic E-state index is 0.993. The quantitative estimate of drug-likeness (QED) is 0.0360. The van der Waals surface area contributed by atoms with E-state index in [1.54, 1.807) is 0 Å². The van der Waals surface area contributed by atoms with Crippen LogP contribution in [0.5, 0.6) is 0 Å². The third-order valence-electron chi connectivity index (χ3n) is 8.87. The molecule has 0 fully saturated rings. The monoisotopic (exact) mass is 661 g/mol. The van der Waals surface area contributed by atoms with Crippen LogP contribution in [0, 0.1) is 5.92 Å². The molecule has 0 aromatic heterocycles. The zero-order chi connectivity index (χ0) is 31.2. The zero-order valence-corrected chi connectivity index (χ0v) is 31.1. The number of unbranched alkanes of at least 4 members (excludes halogenated alkanes) is 20. The predicted molar refractivity (Wildman–Crippen MR) is 204 cm³/mol. The van der Waals surface area contributed by atoms with E-state index in [0.29, 0.717) is 0 Å². The first kappa shape index (κ1) is 42.4. The summed E-state index contributed by atoms with van der Waals surface area (Å²) in [4.78, 5) is 0. The summed E-state index contributed by atoms with van der Waals surface area (Å²) in [6, 6.07) is 0. The second-order valence-electron chi connectivity index (χ2n) is 13.2. The van der Waals surface area contributed by atoms with Crippen molar-refractivity contribution in [2.75, 3.05) is 5.33 Å². The summed E-state index contributed by atoms with van der Waals surface area (Å²) in [6.45, 7) is 4.55. The molecule has 0 saturated carbocycles. The fourth-order valence-corrected chi connectivity index (χ4v) is 6.38. The first-order chi connectivity index (χ1) is 21.3. The highest BCUT2D eigenvalue weighted by Gasteiger charge is 2.08.